The minimum absolute atomic E-state index is 0.214. The number of aliphatic hydroxyl groups is 1. The van der Waals surface area contributed by atoms with Crippen molar-refractivity contribution in [2.24, 2.45) is 5.41 Å². The predicted octanol–water partition coefficient (Wildman–Crippen LogP) is 0.777. The highest BCUT2D eigenvalue weighted by atomic mass is 16.5. The third-order valence-electron chi connectivity index (χ3n) is 4.99. The topological polar surface area (TPSA) is 71.0 Å². The van der Waals surface area contributed by atoms with Crippen LogP contribution in [-0.2, 0) is 0 Å². The molecule has 2 fully saturated rings. The highest BCUT2D eigenvalue weighted by Crippen LogP contribution is 2.40. The number of likely N-dealkylation sites (N-methyl/N-ethyl adjacent to an activating group) is 1. The van der Waals surface area contributed by atoms with Crippen LogP contribution in [0.15, 0.2) is 6.07 Å². The first-order valence-corrected chi connectivity index (χ1v) is 8.12. The second-order valence-corrected chi connectivity index (χ2v) is 6.79. The Kier molecular flexibility index (Phi) is 4.59. The number of hydrogen-bond acceptors (Lipinski definition) is 7. The Morgan fingerprint density at radius 2 is 1.78 bits per heavy atom. The summed E-state index contributed by atoms with van der Waals surface area (Å²) in [7, 11) is 5.28. The van der Waals surface area contributed by atoms with E-state index < -0.39 is 0 Å². The Bertz CT molecular complexity index is 512. The summed E-state index contributed by atoms with van der Waals surface area (Å²) in [6.45, 7) is 3.61. The van der Waals surface area contributed by atoms with Gasteiger partial charge in [-0.05, 0) is 31.7 Å². The first-order valence-electron chi connectivity index (χ1n) is 8.12. The van der Waals surface area contributed by atoms with Crippen molar-refractivity contribution in [2.75, 3.05) is 52.3 Å². The van der Waals surface area contributed by atoms with Gasteiger partial charge >= 0.3 is 0 Å². The van der Waals surface area contributed by atoms with E-state index in [-0.39, 0.29) is 11.5 Å². The predicted molar refractivity (Wildman–Crippen MR) is 87.1 cm³/mol. The lowest BCUT2D eigenvalue weighted by molar-refractivity contribution is -0.0113. The average molecular weight is 322 g/mol. The minimum atomic E-state index is -0.214. The van der Waals surface area contributed by atoms with Crippen LogP contribution in [0.2, 0.25) is 0 Å². The van der Waals surface area contributed by atoms with Gasteiger partial charge in [0.05, 0.1) is 26.4 Å². The van der Waals surface area contributed by atoms with Crippen LogP contribution < -0.4 is 14.4 Å². The van der Waals surface area contributed by atoms with Gasteiger partial charge in [0, 0.05) is 26.2 Å². The maximum Gasteiger partial charge on any atom is 0.231 e. The van der Waals surface area contributed by atoms with Crippen LogP contribution in [0.25, 0.3) is 0 Å². The zero-order valence-corrected chi connectivity index (χ0v) is 14.2. The second-order valence-electron chi connectivity index (χ2n) is 6.79. The molecule has 0 aliphatic carbocycles. The first kappa shape index (κ1) is 16.3. The average Bonchev–Trinajstić information content (AvgIpc) is 2.53. The molecule has 1 N–H and O–H groups in total. The van der Waals surface area contributed by atoms with Crippen molar-refractivity contribution in [3.8, 4) is 11.8 Å². The van der Waals surface area contributed by atoms with E-state index in [4.69, 9.17) is 9.47 Å². The molecule has 3 heterocycles. The van der Waals surface area contributed by atoms with Crippen LogP contribution in [0, 0.1) is 5.41 Å². The standard InChI is InChI=1S/C16H26N4O3/c1-19-10-12(21)9-16(11-19)4-6-20(7-5-16)15-17-13(22-2)8-14(18-15)23-3/h8,12,21H,4-7,9-11H2,1-3H3. The molecule has 2 aliphatic rings. The molecule has 2 saturated heterocycles. The molecule has 0 bridgehead atoms. The number of methoxy groups -OCH3 is 2. The largest absolute Gasteiger partial charge is 0.481 e. The molecule has 0 radical (unpaired) electrons. The molecule has 1 spiro atoms. The number of aromatic nitrogens is 2. The molecule has 1 unspecified atom stereocenters. The van der Waals surface area contributed by atoms with Gasteiger partial charge < -0.3 is 24.4 Å². The van der Waals surface area contributed by atoms with Crippen LogP contribution >= 0.6 is 0 Å². The van der Waals surface area contributed by atoms with Crippen LogP contribution in [0.3, 0.4) is 0 Å². The molecule has 0 aromatic carbocycles. The summed E-state index contributed by atoms with van der Waals surface area (Å²) in [5.74, 6) is 1.68. The fourth-order valence-corrected chi connectivity index (χ4v) is 3.91. The molecule has 0 saturated carbocycles. The summed E-state index contributed by atoms with van der Waals surface area (Å²) >= 11 is 0. The number of ether oxygens (including phenoxy) is 2. The first-order chi connectivity index (χ1) is 11.0. The molecule has 7 nitrogen and oxygen atoms in total. The van der Waals surface area contributed by atoms with Crippen molar-refractivity contribution in [1.29, 1.82) is 0 Å². The van der Waals surface area contributed by atoms with Gasteiger partial charge in [-0.15, -0.1) is 0 Å². The summed E-state index contributed by atoms with van der Waals surface area (Å²) in [5, 5.41) is 10.1. The van der Waals surface area contributed by atoms with Gasteiger partial charge in [0.15, 0.2) is 0 Å². The van der Waals surface area contributed by atoms with E-state index in [1.807, 2.05) is 0 Å². The van der Waals surface area contributed by atoms with Gasteiger partial charge in [-0.25, -0.2) is 0 Å². The SMILES string of the molecule is COc1cc(OC)nc(N2CCC3(CC2)CC(O)CN(C)C3)n1. The van der Waals surface area contributed by atoms with Crippen LogP contribution in [0.5, 0.6) is 11.8 Å². The van der Waals surface area contributed by atoms with Crippen molar-refractivity contribution in [2.45, 2.75) is 25.4 Å². The Balaban J connectivity index is 1.71. The van der Waals surface area contributed by atoms with E-state index in [1.165, 1.54) is 0 Å². The van der Waals surface area contributed by atoms with Gasteiger partial charge in [0.2, 0.25) is 17.7 Å². The molecule has 0 amide bonds. The van der Waals surface area contributed by atoms with Gasteiger partial charge in [-0.3, -0.25) is 0 Å². The quantitative estimate of drug-likeness (QED) is 0.881. The lowest BCUT2D eigenvalue weighted by Crippen LogP contribution is -2.52. The number of anilines is 1. The Morgan fingerprint density at radius 3 is 2.30 bits per heavy atom. The third-order valence-corrected chi connectivity index (χ3v) is 4.99. The number of rotatable bonds is 3. The molecule has 7 heteroatoms. The highest BCUT2D eigenvalue weighted by Gasteiger charge is 2.41. The second kappa shape index (κ2) is 6.49. The third kappa shape index (κ3) is 3.50. The van der Waals surface area contributed by atoms with Crippen LogP contribution in [0.1, 0.15) is 19.3 Å². The fraction of sp³-hybridized carbons (Fsp3) is 0.750. The van der Waals surface area contributed by atoms with Crippen molar-refractivity contribution >= 4 is 5.95 Å². The van der Waals surface area contributed by atoms with E-state index in [2.05, 4.69) is 26.8 Å². The molecular formula is C16H26N4O3. The maximum absolute atomic E-state index is 10.1. The van der Waals surface area contributed by atoms with Crippen molar-refractivity contribution in [3.63, 3.8) is 0 Å². The monoisotopic (exact) mass is 322 g/mol. The van der Waals surface area contributed by atoms with Gasteiger partial charge in [-0.2, -0.15) is 9.97 Å². The van der Waals surface area contributed by atoms with Crippen LogP contribution in [-0.4, -0.2) is 73.5 Å². The number of hydrogen-bond donors (Lipinski definition) is 1. The molecule has 3 rings (SSSR count). The lowest BCUT2D eigenvalue weighted by Gasteiger charge is -2.48. The number of aliphatic hydroxyl groups excluding tert-OH is 1. The number of β-amino-alcohol motifs (C(OH)–C–C–N with tert-alkyl or cyclic N) is 1. The summed E-state index contributed by atoms with van der Waals surface area (Å²) in [4.78, 5) is 13.3. The molecule has 23 heavy (non-hydrogen) atoms. The zero-order chi connectivity index (χ0) is 16.4. The summed E-state index contributed by atoms with van der Waals surface area (Å²) < 4.78 is 10.5. The van der Waals surface area contributed by atoms with Gasteiger partial charge in [0.25, 0.3) is 0 Å². The van der Waals surface area contributed by atoms with Crippen molar-refractivity contribution < 1.29 is 14.6 Å². The van der Waals surface area contributed by atoms with Gasteiger partial charge in [0.1, 0.15) is 0 Å². The number of piperidine rings is 2. The Hall–Kier alpha value is -1.60. The normalized spacial score (nSPS) is 24.7. The summed E-state index contributed by atoms with van der Waals surface area (Å²) in [6.07, 6.45) is 2.76. The zero-order valence-electron chi connectivity index (χ0n) is 14.2. The minimum Gasteiger partial charge on any atom is -0.481 e. The van der Waals surface area contributed by atoms with E-state index in [9.17, 15) is 5.11 Å². The summed E-state index contributed by atoms with van der Waals surface area (Å²) in [5.41, 5.74) is 0.214. The van der Waals surface area contributed by atoms with E-state index in [0.717, 1.165) is 45.4 Å². The molecule has 1 aromatic heterocycles. The van der Waals surface area contributed by atoms with E-state index in [0.29, 0.717) is 17.7 Å². The van der Waals surface area contributed by atoms with E-state index >= 15 is 0 Å². The highest BCUT2D eigenvalue weighted by molar-refractivity contribution is 5.37. The Morgan fingerprint density at radius 1 is 1.17 bits per heavy atom. The molecule has 1 atom stereocenters. The number of nitrogens with zero attached hydrogens (tertiary/aromatic N) is 4. The Labute approximate surface area is 137 Å². The maximum atomic E-state index is 10.1. The van der Waals surface area contributed by atoms with Crippen molar-refractivity contribution in [3.05, 3.63) is 6.07 Å². The number of likely N-dealkylation sites (tertiary alicyclic amines) is 1. The van der Waals surface area contributed by atoms with Crippen LogP contribution in [0.4, 0.5) is 5.95 Å². The molecule has 128 valence electrons. The van der Waals surface area contributed by atoms with Crippen molar-refractivity contribution in [1.82, 2.24) is 14.9 Å². The smallest absolute Gasteiger partial charge is 0.231 e. The van der Waals surface area contributed by atoms with E-state index in [1.54, 1.807) is 20.3 Å². The summed E-state index contributed by atoms with van der Waals surface area (Å²) in [6, 6.07) is 1.68. The van der Waals surface area contributed by atoms with Gasteiger partial charge in [-0.1, -0.05) is 0 Å². The molecule has 1 aromatic rings. The molecular weight excluding hydrogens is 296 g/mol. The molecule has 2 aliphatic heterocycles. The fourth-order valence-electron chi connectivity index (χ4n) is 3.91. The lowest BCUT2D eigenvalue weighted by atomic mass is 9.72.